The van der Waals surface area contributed by atoms with E-state index in [1.54, 1.807) is 18.2 Å². The van der Waals surface area contributed by atoms with Crippen LogP contribution in [-0.4, -0.2) is 69.1 Å². The molecule has 0 saturated carbocycles. The number of hydrogen-bond donors (Lipinski definition) is 1. The second-order valence-corrected chi connectivity index (χ2v) is 10.2. The summed E-state index contributed by atoms with van der Waals surface area (Å²) in [4.78, 5) is 17.4. The van der Waals surface area contributed by atoms with Crippen molar-refractivity contribution in [2.45, 2.75) is 37.8 Å². The number of rotatable bonds is 8. The summed E-state index contributed by atoms with van der Waals surface area (Å²) in [7, 11) is -3.61. The largest absolute Gasteiger partial charge is 0.379 e. The molecule has 5 rings (SSSR count). The van der Waals surface area contributed by atoms with Crippen LogP contribution in [0.1, 0.15) is 25.0 Å². The molecule has 1 aromatic carbocycles. The highest BCUT2D eigenvalue weighted by molar-refractivity contribution is 7.89. The van der Waals surface area contributed by atoms with E-state index in [4.69, 9.17) is 4.74 Å². The van der Waals surface area contributed by atoms with Crippen molar-refractivity contribution in [3.8, 4) is 0 Å². The number of morpholine rings is 1. The third-order valence-electron chi connectivity index (χ3n) is 6.13. The van der Waals surface area contributed by atoms with Crippen LogP contribution in [0.2, 0.25) is 0 Å². The molecule has 0 unspecified atom stereocenters. The summed E-state index contributed by atoms with van der Waals surface area (Å²) in [5, 5.41) is 11.1. The lowest BCUT2D eigenvalue weighted by atomic mass is 10.2. The van der Waals surface area contributed by atoms with Crippen molar-refractivity contribution < 1.29 is 17.9 Å². The quantitative estimate of drug-likeness (QED) is 0.390. The highest BCUT2D eigenvalue weighted by Gasteiger charge is 2.27. The molecule has 0 radical (unpaired) electrons. The fourth-order valence-electron chi connectivity index (χ4n) is 4.30. The van der Waals surface area contributed by atoms with E-state index in [-0.39, 0.29) is 23.8 Å². The summed E-state index contributed by atoms with van der Waals surface area (Å²) in [5.74, 6) is 1.28. The number of aromatic nitrogens is 5. The minimum Gasteiger partial charge on any atom is -0.379 e. The molecule has 4 aromatic rings. The molecule has 1 amide bonds. The number of sulfonamides is 1. The van der Waals surface area contributed by atoms with Gasteiger partial charge in [0.15, 0.2) is 11.5 Å². The van der Waals surface area contributed by atoms with Gasteiger partial charge in [-0.3, -0.25) is 9.20 Å². The average Bonchev–Trinajstić information content (AvgIpc) is 3.47. The number of imidazole rings is 1. The molecular formula is C23H27N7O4S. The summed E-state index contributed by atoms with van der Waals surface area (Å²) >= 11 is 0. The number of amides is 1. The number of aryl methyl sites for hydroxylation is 2. The van der Waals surface area contributed by atoms with Crippen LogP contribution >= 0.6 is 0 Å². The van der Waals surface area contributed by atoms with Gasteiger partial charge in [-0.1, -0.05) is 6.07 Å². The van der Waals surface area contributed by atoms with Crippen LogP contribution in [-0.2, 0) is 39.1 Å². The fourth-order valence-corrected chi connectivity index (χ4v) is 5.73. The van der Waals surface area contributed by atoms with Crippen molar-refractivity contribution in [1.29, 1.82) is 0 Å². The molecule has 0 atom stereocenters. The van der Waals surface area contributed by atoms with E-state index in [0.29, 0.717) is 50.6 Å². The van der Waals surface area contributed by atoms with Crippen LogP contribution in [0.3, 0.4) is 0 Å². The normalized spacial score (nSPS) is 15.1. The third-order valence-corrected chi connectivity index (χ3v) is 8.02. The number of pyridine rings is 1. The van der Waals surface area contributed by atoms with Gasteiger partial charge in [0.2, 0.25) is 15.9 Å². The lowest BCUT2D eigenvalue weighted by molar-refractivity contribution is -0.121. The Hall–Kier alpha value is -3.35. The van der Waals surface area contributed by atoms with Crippen molar-refractivity contribution in [3.63, 3.8) is 0 Å². The van der Waals surface area contributed by atoms with Crippen molar-refractivity contribution in [2.75, 3.05) is 26.3 Å². The van der Waals surface area contributed by atoms with E-state index in [2.05, 4.69) is 20.5 Å². The Balaban J connectivity index is 1.28. The molecule has 1 aliphatic heterocycles. The Kier molecular flexibility index (Phi) is 6.50. The first kappa shape index (κ1) is 23.4. The molecule has 4 heterocycles. The Morgan fingerprint density at radius 1 is 1.11 bits per heavy atom. The Morgan fingerprint density at radius 2 is 1.94 bits per heavy atom. The van der Waals surface area contributed by atoms with E-state index >= 15 is 0 Å². The van der Waals surface area contributed by atoms with Gasteiger partial charge in [-0.15, -0.1) is 10.2 Å². The molecule has 3 aromatic heterocycles. The first-order chi connectivity index (χ1) is 17.0. The summed E-state index contributed by atoms with van der Waals surface area (Å²) in [6, 6.07) is 10.7. The van der Waals surface area contributed by atoms with Gasteiger partial charge in [0.1, 0.15) is 5.82 Å². The standard InChI is InChI=1S/C23H27N7O4S/c1-2-29-19-7-6-17(35(32,33)28-11-13-34-14-12-28)15-18(19)25-20(29)8-9-23(31)24-16-22-27-26-21-5-3-4-10-30(21)22/h3-7,10,15H,2,8-9,11-14,16H2,1H3,(H,24,31). The topological polar surface area (TPSA) is 124 Å². The Bertz CT molecular complexity index is 1470. The van der Waals surface area contributed by atoms with Gasteiger partial charge >= 0.3 is 0 Å². The maximum atomic E-state index is 13.0. The van der Waals surface area contributed by atoms with Crippen molar-refractivity contribution in [3.05, 3.63) is 54.2 Å². The van der Waals surface area contributed by atoms with Crippen molar-refractivity contribution >= 4 is 32.6 Å². The predicted molar refractivity (Wildman–Crippen MR) is 128 cm³/mol. The maximum absolute atomic E-state index is 13.0. The molecule has 11 nitrogen and oxygen atoms in total. The zero-order valence-corrected chi connectivity index (χ0v) is 20.2. The monoisotopic (exact) mass is 497 g/mol. The van der Waals surface area contributed by atoms with Crippen LogP contribution in [0.4, 0.5) is 0 Å². The van der Waals surface area contributed by atoms with Crippen molar-refractivity contribution in [1.82, 2.24) is 33.8 Å². The zero-order chi connectivity index (χ0) is 24.4. The number of carbonyl (C=O) groups excluding carboxylic acids is 1. The van der Waals surface area contributed by atoms with E-state index in [9.17, 15) is 13.2 Å². The molecule has 184 valence electrons. The van der Waals surface area contributed by atoms with E-state index in [1.807, 2.05) is 40.3 Å². The smallest absolute Gasteiger partial charge is 0.243 e. The maximum Gasteiger partial charge on any atom is 0.243 e. The van der Waals surface area contributed by atoms with Gasteiger partial charge in [-0.05, 0) is 37.3 Å². The molecule has 0 bridgehead atoms. The number of carbonyl (C=O) groups is 1. The minimum absolute atomic E-state index is 0.122. The SMILES string of the molecule is CCn1c(CCC(=O)NCc2nnc3ccccn23)nc2cc(S(=O)(=O)N3CCOCC3)ccc21. The number of hydrogen-bond acceptors (Lipinski definition) is 7. The second-order valence-electron chi connectivity index (χ2n) is 8.26. The van der Waals surface area contributed by atoms with Gasteiger partial charge < -0.3 is 14.6 Å². The molecule has 0 aliphatic carbocycles. The van der Waals surface area contributed by atoms with Crippen LogP contribution < -0.4 is 5.32 Å². The number of nitrogens with zero attached hydrogens (tertiary/aromatic N) is 6. The number of benzene rings is 1. The minimum atomic E-state index is -3.61. The first-order valence-corrected chi connectivity index (χ1v) is 13.0. The molecule has 1 saturated heterocycles. The third kappa shape index (κ3) is 4.64. The van der Waals surface area contributed by atoms with E-state index < -0.39 is 10.0 Å². The summed E-state index contributed by atoms with van der Waals surface area (Å²) in [6.07, 6.45) is 2.54. The van der Waals surface area contributed by atoms with E-state index in [1.165, 1.54) is 4.31 Å². The first-order valence-electron chi connectivity index (χ1n) is 11.6. The summed E-state index contributed by atoms with van der Waals surface area (Å²) < 4.78 is 36.6. The molecule has 1 aliphatic rings. The lowest BCUT2D eigenvalue weighted by Gasteiger charge is -2.26. The fraction of sp³-hybridized carbons (Fsp3) is 0.391. The number of ether oxygens (including phenoxy) is 1. The van der Waals surface area contributed by atoms with Gasteiger partial charge in [0.25, 0.3) is 0 Å². The van der Waals surface area contributed by atoms with Crippen LogP contribution in [0, 0.1) is 0 Å². The van der Waals surface area contributed by atoms with Crippen molar-refractivity contribution in [2.24, 2.45) is 0 Å². The second kappa shape index (κ2) is 9.72. The average molecular weight is 498 g/mol. The van der Waals surface area contributed by atoms with Gasteiger partial charge in [0, 0.05) is 38.7 Å². The van der Waals surface area contributed by atoms with E-state index in [0.717, 1.165) is 17.0 Å². The molecule has 35 heavy (non-hydrogen) atoms. The van der Waals surface area contributed by atoms with Gasteiger partial charge in [-0.2, -0.15) is 4.31 Å². The molecular weight excluding hydrogens is 470 g/mol. The lowest BCUT2D eigenvalue weighted by Crippen LogP contribution is -2.40. The molecule has 12 heteroatoms. The Morgan fingerprint density at radius 3 is 2.74 bits per heavy atom. The molecule has 1 fully saturated rings. The molecule has 0 spiro atoms. The number of nitrogens with one attached hydrogen (secondary N) is 1. The highest BCUT2D eigenvalue weighted by Crippen LogP contribution is 2.24. The van der Waals surface area contributed by atoms with Crippen LogP contribution in [0.5, 0.6) is 0 Å². The summed E-state index contributed by atoms with van der Waals surface area (Å²) in [6.45, 7) is 4.41. The van der Waals surface area contributed by atoms with Gasteiger partial charge in [-0.25, -0.2) is 13.4 Å². The predicted octanol–water partition coefficient (Wildman–Crippen LogP) is 1.37. The number of fused-ring (bicyclic) bond motifs is 2. The molecule has 1 N–H and O–H groups in total. The zero-order valence-electron chi connectivity index (χ0n) is 19.4. The van der Waals surface area contributed by atoms with Gasteiger partial charge in [0.05, 0.1) is 35.7 Å². The Labute approximate surface area is 202 Å². The summed E-state index contributed by atoms with van der Waals surface area (Å²) in [5.41, 5.74) is 2.17. The van der Waals surface area contributed by atoms with Crippen LogP contribution in [0.25, 0.3) is 16.7 Å². The highest BCUT2D eigenvalue weighted by atomic mass is 32.2. The van der Waals surface area contributed by atoms with Crippen LogP contribution in [0.15, 0.2) is 47.5 Å².